The molecular weight excluding hydrogens is 246 g/mol. The molecule has 0 amide bonds. The topological polar surface area (TPSA) is 61.1 Å². The van der Waals surface area contributed by atoms with Crippen LogP contribution in [0, 0.1) is 11.3 Å². The van der Waals surface area contributed by atoms with Gasteiger partial charge in [-0.1, -0.05) is 18.5 Å². The van der Waals surface area contributed by atoms with Gasteiger partial charge in [-0.05, 0) is 24.6 Å². The number of hydrogen-bond donors (Lipinski definition) is 1. The third kappa shape index (κ3) is 3.16. The lowest BCUT2D eigenvalue weighted by Crippen LogP contribution is -2.14. The molecule has 1 atom stereocenters. The molecule has 0 saturated heterocycles. The van der Waals surface area contributed by atoms with Gasteiger partial charge in [0, 0.05) is 4.90 Å². The average Bonchev–Trinajstić information content (AvgIpc) is 2.25. The number of halogens is 1. The van der Waals surface area contributed by atoms with E-state index in [9.17, 15) is 4.79 Å². The van der Waals surface area contributed by atoms with E-state index in [4.69, 9.17) is 22.0 Å². The summed E-state index contributed by atoms with van der Waals surface area (Å²) in [6, 6.07) is 6.88. The molecule has 3 nitrogen and oxygen atoms in total. The summed E-state index contributed by atoms with van der Waals surface area (Å²) in [5.74, 6) is -0.840. The van der Waals surface area contributed by atoms with E-state index in [0.717, 1.165) is 4.90 Å². The number of carbonyl (C=O) groups is 1. The monoisotopic (exact) mass is 255 g/mol. The maximum Gasteiger partial charge on any atom is 0.316 e. The highest BCUT2D eigenvalue weighted by molar-refractivity contribution is 8.00. The predicted octanol–water partition coefficient (Wildman–Crippen LogP) is 3.17. The summed E-state index contributed by atoms with van der Waals surface area (Å²) in [5.41, 5.74) is 0.398. The van der Waals surface area contributed by atoms with Gasteiger partial charge in [0.1, 0.15) is 11.3 Å². The fourth-order valence-corrected chi connectivity index (χ4v) is 2.35. The smallest absolute Gasteiger partial charge is 0.316 e. The summed E-state index contributed by atoms with van der Waals surface area (Å²) in [5, 5.41) is 17.5. The number of carboxylic acids is 1. The number of hydrogen-bond acceptors (Lipinski definition) is 3. The van der Waals surface area contributed by atoms with E-state index in [0.29, 0.717) is 17.0 Å². The molecule has 0 heterocycles. The second kappa shape index (κ2) is 5.78. The Hall–Kier alpha value is -1.18. The summed E-state index contributed by atoms with van der Waals surface area (Å²) in [6.07, 6.45) is 0.539. The highest BCUT2D eigenvalue weighted by Crippen LogP contribution is 2.29. The van der Waals surface area contributed by atoms with Gasteiger partial charge in [-0.15, -0.1) is 11.8 Å². The van der Waals surface area contributed by atoms with Crippen LogP contribution in [0.4, 0.5) is 0 Å². The molecule has 1 aromatic rings. The summed E-state index contributed by atoms with van der Waals surface area (Å²) in [4.78, 5) is 11.6. The number of carboxylic acid groups (broad SMARTS) is 1. The Balaban J connectivity index is 2.87. The van der Waals surface area contributed by atoms with E-state index >= 15 is 0 Å². The van der Waals surface area contributed by atoms with Crippen LogP contribution in [0.15, 0.2) is 23.1 Å². The molecule has 1 rings (SSSR count). The third-order valence-electron chi connectivity index (χ3n) is 1.99. The molecular formula is C11H10ClNO2S. The Morgan fingerprint density at radius 2 is 2.38 bits per heavy atom. The van der Waals surface area contributed by atoms with Gasteiger partial charge in [-0.2, -0.15) is 5.26 Å². The largest absolute Gasteiger partial charge is 0.480 e. The second-order valence-electron chi connectivity index (χ2n) is 3.11. The molecule has 0 saturated carbocycles. The van der Waals surface area contributed by atoms with E-state index in [2.05, 4.69) is 0 Å². The minimum absolute atomic E-state index is 0.354. The summed E-state index contributed by atoms with van der Waals surface area (Å²) < 4.78 is 0. The number of nitriles is 1. The molecule has 0 fully saturated rings. The normalized spacial score (nSPS) is 11.8. The zero-order chi connectivity index (χ0) is 12.1. The van der Waals surface area contributed by atoms with E-state index in [1.54, 1.807) is 18.2 Å². The fourth-order valence-electron chi connectivity index (χ4n) is 1.13. The number of rotatable bonds is 4. The predicted molar refractivity (Wildman–Crippen MR) is 63.7 cm³/mol. The standard InChI is InChI=1S/C11H10ClNO2S/c1-2-10(11(14)15)16-8-4-3-7(6-13)9(12)5-8/h3-5,10H,2H2,1H3,(H,14,15). The third-order valence-corrected chi connectivity index (χ3v) is 3.64. The second-order valence-corrected chi connectivity index (χ2v) is 4.79. The minimum Gasteiger partial charge on any atom is -0.480 e. The lowest BCUT2D eigenvalue weighted by atomic mass is 10.2. The SMILES string of the molecule is CCC(Sc1ccc(C#N)c(Cl)c1)C(=O)O. The van der Waals surface area contributed by atoms with Crippen LogP contribution < -0.4 is 0 Å². The molecule has 0 aliphatic rings. The van der Waals surface area contributed by atoms with Crippen molar-refractivity contribution in [3.05, 3.63) is 28.8 Å². The van der Waals surface area contributed by atoms with Gasteiger partial charge in [-0.25, -0.2) is 0 Å². The van der Waals surface area contributed by atoms with E-state index in [-0.39, 0.29) is 0 Å². The molecule has 5 heteroatoms. The van der Waals surface area contributed by atoms with Crippen LogP contribution in [0.3, 0.4) is 0 Å². The van der Waals surface area contributed by atoms with Crippen molar-refractivity contribution < 1.29 is 9.90 Å². The molecule has 1 aromatic carbocycles. The van der Waals surface area contributed by atoms with Crippen LogP contribution in [0.2, 0.25) is 5.02 Å². The van der Waals surface area contributed by atoms with Crippen LogP contribution in [0.25, 0.3) is 0 Å². The molecule has 1 unspecified atom stereocenters. The van der Waals surface area contributed by atoms with Gasteiger partial charge in [0.05, 0.1) is 10.6 Å². The molecule has 0 aliphatic carbocycles. The fraction of sp³-hybridized carbons (Fsp3) is 0.273. The zero-order valence-electron chi connectivity index (χ0n) is 8.61. The van der Waals surface area contributed by atoms with Crippen LogP contribution in [-0.4, -0.2) is 16.3 Å². The summed E-state index contributed by atoms with van der Waals surface area (Å²) >= 11 is 7.09. The lowest BCUT2D eigenvalue weighted by molar-refractivity contribution is -0.136. The molecule has 0 spiro atoms. The molecule has 0 aromatic heterocycles. The molecule has 0 radical (unpaired) electrons. The van der Waals surface area contributed by atoms with Crippen molar-refractivity contribution in [3.8, 4) is 6.07 Å². The Morgan fingerprint density at radius 1 is 1.69 bits per heavy atom. The van der Waals surface area contributed by atoms with E-state index < -0.39 is 11.2 Å². The maximum atomic E-state index is 10.8. The van der Waals surface area contributed by atoms with Gasteiger partial charge >= 0.3 is 5.97 Å². The molecule has 16 heavy (non-hydrogen) atoms. The first-order chi connectivity index (χ1) is 7.58. The van der Waals surface area contributed by atoms with Crippen molar-refractivity contribution in [2.24, 2.45) is 0 Å². The van der Waals surface area contributed by atoms with Gasteiger partial charge in [0.2, 0.25) is 0 Å². The van der Waals surface area contributed by atoms with Crippen LogP contribution in [0.1, 0.15) is 18.9 Å². The summed E-state index contributed by atoms with van der Waals surface area (Å²) in [6.45, 7) is 1.82. The Morgan fingerprint density at radius 3 is 2.81 bits per heavy atom. The number of nitrogens with zero attached hydrogens (tertiary/aromatic N) is 1. The van der Waals surface area contributed by atoms with Gasteiger partial charge < -0.3 is 5.11 Å². The van der Waals surface area contributed by atoms with Crippen molar-refractivity contribution in [2.75, 3.05) is 0 Å². The minimum atomic E-state index is -0.840. The first kappa shape index (κ1) is 12.9. The highest BCUT2D eigenvalue weighted by atomic mass is 35.5. The molecule has 84 valence electrons. The van der Waals surface area contributed by atoms with Crippen molar-refractivity contribution in [2.45, 2.75) is 23.5 Å². The number of benzene rings is 1. The lowest BCUT2D eigenvalue weighted by Gasteiger charge is -2.09. The Labute approximate surface area is 103 Å². The van der Waals surface area contributed by atoms with Crippen molar-refractivity contribution in [1.29, 1.82) is 5.26 Å². The van der Waals surface area contributed by atoms with E-state index in [1.807, 2.05) is 13.0 Å². The van der Waals surface area contributed by atoms with Crippen molar-refractivity contribution in [1.82, 2.24) is 0 Å². The van der Waals surface area contributed by atoms with Crippen molar-refractivity contribution >= 4 is 29.3 Å². The highest BCUT2D eigenvalue weighted by Gasteiger charge is 2.16. The Kier molecular flexibility index (Phi) is 4.66. The van der Waals surface area contributed by atoms with Crippen LogP contribution >= 0.6 is 23.4 Å². The van der Waals surface area contributed by atoms with Crippen LogP contribution in [-0.2, 0) is 4.79 Å². The average molecular weight is 256 g/mol. The van der Waals surface area contributed by atoms with E-state index in [1.165, 1.54) is 11.8 Å². The van der Waals surface area contributed by atoms with Crippen LogP contribution in [0.5, 0.6) is 0 Å². The maximum absolute atomic E-state index is 10.8. The summed E-state index contributed by atoms with van der Waals surface area (Å²) in [7, 11) is 0. The molecule has 0 aliphatic heterocycles. The number of aliphatic carboxylic acids is 1. The Bertz CT molecular complexity index is 442. The first-order valence-electron chi connectivity index (χ1n) is 4.67. The molecule has 0 bridgehead atoms. The van der Waals surface area contributed by atoms with Gasteiger partial charge in [0.15, 0.2) is 0 Å². The van der Waals surface area contributed by atoms with Crippen molar-refractivity contribution in [3.63, 3.8) is 0 Å². The molecule has 1 N–H and O–H groups in total. The van der Waals surface area contributed by atoms with Gasteiger partial charge in [-0.3, -0.25) is 4.79 Å². The quantitative estimate of drug-likeness (QED) is 0.840. The van der Waals surface area contributed by atoms with Gasteiger partial charge in [0.25, 0.3) is 0 Å². The first-order valence-corrected chi connectivity index (χ1v) is 5.93. The zero-order valence-corrected chi connectivity index (χ0v) is 10.2. The number of thioether (sulfide) groups is 1.